The molecule has 1 atom stereocenters. The van der Waals surface area contributed by atoms with Crippen molar-refractivity contribution in [2.45, 2.75) is 12.5 Å². The van der Waals surface area contributed by atoms with Crippen LogP contribution in [0.4, 0.5) is 0 Å². The van der Waals surface area contributed by atoms with Gasteiger partial charge in [0, 0.05) is 14.1 Å². The van der Waals surface area contributed by atoms with Crippen molar-refractivity contribution in [3.63, 3.8) is 0 Å². The third-order valence-electron chi connectivity index (χ3n) is 1.40. The zero-order valence-corrected chi connectivity index (χ0v) is 10.3. The van der Waals surface area contributed by atoms with Gasteiger partial charge >= 0.3 is 5.97 Å². The predicted molar refractivity (Wildman–Crippen MR) is 66.6 cm³/mol. The zero-order chi connectivity index (χ0) is 14.9. The molecule has 18 heavy (non-hydrogen) atoms. The number of primary amides is 1. The van der Waals surface area contributed by atoms with Crippen LogP contribution in [0.3, 0.4) is 0 Å². The fraction of sp³-hybridized carbons (Fsp3) is 0.500. The second kappa shape index (κ2) is 8.75. The molecule has 10 nitrogen and oxygen atoms in total. The molecule has 0 heterocycles. The second-order valence-electron chi connectivity index (χ2n) is 3.37. The molecule has 10 heteroatoms. The zero-order valence-electron chi connectivity index (χ0n) is 10.3. The SMILES string of the molecule is CN(C)C(=N)N=C(N)N.NC(=O)CC(N)C(=O)O. The Hall–Kier alpha value is -2.36. The van der Waals surface area contributed by atoms with Crippen LogP contribution in [0.5, 0.6) is 0 Å². The smallest absolute Gasteiger partial charge is 0.321 e. The number of rotatable bonds is 3. The van der Waals surface area contributed by atoms with Gasteiger partial charge in [-0.1, -0.05) is 0 Å². The lowest BCUT2D eigenvalue weighted by molar-refractivity contribution is -0.140. The summed E-state index contributed by atoms with van der Waals surface area (Å²) in [6.45, 7) is 0. The summed E-state index contributed by atoms with van der Waals surface area (Å²) in [6.07, 6.45) is -0.310. The monoisotopic (exact) mass is 261 g/mol. The summed E-state index contributed by atoms with van der Waals surface area (Å²) < 4.78 is 0. The van der Waals surface area contributed by atoms with Gasteiger partial charge < -0.3 is 32.9 Å². The number of amides is 1. The maximum Gasteiger partial charge on any atom is 0.321 e. The molecule has 0 aliphatic carbocycles. The molecular formula is C8H19N7O3. The molecular weight excluding hydrogens is 242 g/mol. The van der Waals surface area contributed by atoms with Crippen LogP contribution in [0.15, 0.2) is 4.99 Å². The summed E-state index contributed by atoms with van der Waals surface area (Å²) >= 11 is 0. The van der Waals surface area contributed by atoms with Crippen molar-refractivity contribution in [3.05, 3.63) is 0 Å². The Labute approximate surface area is 104 Å². The van der Waals surface area contributed by atoms with E-state index in [1.165, 1.54) is 4.90 Å². The highest BCUT2D eigenvalue weighted by Crippen LogP contribution is 1.84. The largest absolute Gasteiger partial charge is 0.480 e. The van der Waals surface area contributed by atoms with E-state index in [0.717, 1.165) is 0 Å². The topological polar surface area (TPSA) is 198 Å². The Morgan fingerprint density at radius 3 is 1.89 bits per heavy atom. The molecule has 0 aromatic rings. The van der Waals surface area contributed by atoms with E-state index >= 15 is 0 Å². The third kappa shape index (κ3) is 11.7. The van der Waals surface area contributed by atoms with Crippen molar-refractivity contribution in [1.29, 1.82) is 5.41 Å². The van der Waals surface area contributed by atoms with Crippen LogP contribution in [0.2, 0.25) is 0 Å². The molecule has 0 radical (unpaired) electrons. The van der Waals surface area contributed by atoms with Gasteiger partial charge in [0.05, 0.1) is 6.42 Å². The Morgan fingerprint density at radius 1 is 1.33 bits per heavy atom. The molecule has 0 saturated carbocycles. The molecule has 104 valence electrons. The molecule has 0 spiro atoms. The average molecular weight is 261 g/mol. The number of aliphatic carboxylic acids is 1. The highest BCUT2D eigenvalue weighted by molar-refractivity contribution is 5.91. The number of nitrogens with one attached hydrogen (secondary N) is 1. The number of carbonyl (C=O) groups excluding carboxylic acids is 1. The lowest BCUT2D eigenvalue weighted by Gasteiger charge is -2.07. The number of hydrogen-bond donors (Lipinski definition) is 6. The summed E-state index contributed by atoms with van der Waals surface area (Å²) in [4.78, 5) is 24.9. The summed E-state index contributed by atoms with van der Waals surface area (Å²) in [5.41, 5.74) is 19.5. The molecule has 1 unspecified atom stereocenters. The lowest BCUT2D eigenvalue weighted by atomic mass is 10.2. The van der Waals surface area contributed by atoms with Crippen molar-refractivity contribution >= 4 is 23.8 Å². The van der Waals surface area contributed by atoms with Crippen LogP contribution >= 0.6 is 0 Å². The quantitative estimate of drug-likeness (QED) is 0.230. The van der Waals surface area contributed by atoms with Crippen molar-refractivity contribution in [2.75, 3.05) is 14.1 Å². The molecule has 0 fully saturated rings. The van der Waals surface area contributed by atoms with E-state index in [-0.39, 0.29) is 18.3 Å². The molecule has 1 amide bonds. The number of aliphatic imine (C=N–C) groups is 1. The maximum atomic E-state index is 9.99. The number of carbonyl (C=O) groups is 2. The third-order valence-corrected chi connectivity index (χ3v) is 1.40. The van der Waals surface area contributed by atoms with Gasteiger partial charge in [0.25, 0.3) is 0 Å². The van der Waals surface area contributed by atoms with E-state index in [9.17, 15) is 9.59 Å². The van der Waals surface area contributed by atoms with Gasteiger partial charge in [-0.15, -0.1) is 0 Å². The highest BCUT2D eigenvalue weighted by atomic mass is 16.4. The number of hydrogen-bond acceptors (Lipinski definition) is 4. The van der Waals surface area contributed by atoms with Gasteiger partial charge in [0.1, 0.15) is 6.04 Å². The van der Waals surface area contributed by atoms with Crippen LogP contribution < -0.4 is 22.9 Å². The first-order valence-electron chi connectivity index (χ1n) is 4.70. The Bertz CT molecular complexity index is 336. The summed E-state index contributed by atoms with van der Waals surface area (Å²) in [7, 11) is 3.38. The minimum Gasteiger partial charge on any atom is -0.480 e. The molecule has 0 aliphatic rings. The van der Waals surface area contributed by atoms with Crippen LogP contribution in [-0.4, -0.2) is 53.9 Å². The fourth-order valence-corrected chi connectivity index (χ4v) is 0.526. The van der Waals surface area contributed by atoms with Gasteiger partial charge in [0.2, 0.25) is 11.9 Å². The van der Waals surface area contributed by atoms with E-state index in [1.807, 2.05) is 0 Å². The van der Waals surface area contributed by atoms with E-state index in [2.05, 4.69) is 10.7 Å². The van der Waals surface area contributed by atoms with E-state index in [4.69, 9.17) is 27.7 Å². The number of carboxylic acids is 1. The van der Waals surface area contributed by atoms with Crippen molar-refractivity contribution in [1.82, 2.24) is 4.90 Å². The van der Waals surface area contributed by atoms with Crippen molar-refractivity contribution in [2.24, 2.45) is 27.9 Å². The minimum absolute atomic E-state index is 0.0509. The molecule has 0 aromatic carbocycles. The molecule has 0 aliphatic heterocycles. The van der Waals surface area contributed by atoms with Crippen LogP contribution in [0.25, 0.3) is 0 Å². The van der Waals surface area contributed by atoms with E-state index < -0.39 is 17.9 Å². The number of carboxylic acid groups (broad SMARTS) is 1. The maximum absolute atomic E-state index is 9.99. The van der Waals surface area contributed by atoms with Gasteiger partial charge in [-0.3, -0.25) is 15.0 Å². The number of nitrogens with zero attached hydrogens (tertiary/aromatic N) is 2. The second-order valence-corrected chi connectivity index (χ2v) is 3.37. The van der Waals surface area contributed by atoms with Gasteiger partial charge in [-0.2, -0.15) is 4.99 Å². The van der Waals surface area contributed by atoms with Gasteiger partial charge in [-0.25, -0.2) is 0 Å². The van der Waals surface area contributed by atoms with Gasteiger partial charge in [0.15, 0.2) is 5.96 Å². The summed E-state index contributed by atoms with van der Waals surface area (Å²) in [5, 5.41) is 15.2. The summed E-state index contributed by atoms with van der Waals surface area (Å²) in [6, 6.07) is -1.16. The first kappa shape index (κ1) is 18.0. The predicted octanol–water partition coefficient (Wildman–Crippen LogP) is -2.97. The molecule has 0 saturated heterocycles. The van der Waals surface area contributed by atoms with Gasteiger partial charge in [-0.05, 0) is 0 Å². The Kier molecular flexibility index (Phi) is 8.76. The van der Waals surface area contributed by atoms with E-state index in [0.29, 0.717) is 0 Å². The highest BCUT2D eigenvalue weighted by Gasteiger charge is 2.13. The molecule has 0 aromatic heterocycles. The Morgan fingerprint density at radius 2 is 1.78 bits per heavy atom. The first-order valence-corrected chi connectivity index (χ1v) is 4.70. The lowest BCUT2D eigenvalue weighted by Crippen LogP contribution is -2.34. The fourth-order valence-electron chi connectivity index (χ4n) is 0.526. The molecule has 0 bridgehead atoms. The van der Waals surface area contributed by atoms with Crippen molar-refractivity contribution < 1.29 is 14.7 Å². The minimum atomic E-state index is -1.21. The molecule has 10 N–H and O–H groups in total. The number of nitrogens with two attached hydrogens (primary N) is 4. The standard InChI is InChI=1S/C4H11N5.C4H8N2O3/c1-9(2)4(7)8-3(5)6;5-2(4(8)9)1-3(6)7/h1-2H3,(H5,5,6,7,8);2H,1,5H2,(H2,6,7)(H,8,9). The van der Waals surface area contributed by atoms with Crippen LogP contribution in [0, 0.1) is 5.41 Å². The number of guanidine groups is 2. The normalized spacial score (nSPS) is 10.4. The van der Waals surface area contributed by atoms with Crippen LogP contribution in [0.1, 0.15) is 6.42 Å². The Balaban J connectivity index is 0. The van der Waals surface area contributed by atoms with E-state index in [1.54, 1.807) is 14.1 Å². The van der Waals surface area contributed by atoms with Crippen molar-refractivity contribution in [3.8, 4) is 0 Å². The molecule has 0 rings (SSSR count). The van der Waals surface area contributed by atoms with Crippen LogP contribution in [-0.2, 0) is 9.59 Å². The average Bonchev–Trinajstić information content (AvgIpc) is 2.16. The summed E-state index contributed by atoms with van der Waals surface area (Å²) in [5.74, 6) is -1.96. The first-order chi connectivity index (χ1) is 8.07.